The van der Waals surface area contributed by atoms with E-state index < -0.39 is 0 Å². The van der Waals surface area contributed by atoms with E-state index >= 15 is 0 Å². The highest BCUT2D eigenvalue weighted by atomic mass is 35.5. The monoisotopic (exact) mass is 372 g/mol. The van der Waals surface area contributed by atoms with Crippen LogP contribution in [0.4, 0.5) is 0 Å². The minimum Gasteiger partial charge on any atom is -0.484 e. The third-order valence-electron chi connectivity index (χ3n) is 4.61. The van der Waals surface area contributed by atoms with Gasteiger partial charge in [0, 0.05) is 18.1 Å². The highest BCUT2D eigenvalue weighted by Gasteiger charge is 2.11. The van der Waals surface area contributed by atoms with Crippen molar-refractivity contribution in [3.8, 4) is 5.75 Å². The number of halogens is 1. The summed E-state index contributed by atoms with van der Waals surface area (Å²) in [6.07, 6.45) is 2.61. The maximum absolute atomic E-state index is 12.0. The maximum atomic E-state index is 12.0. The molecule has 3 rings (SSSR count). The molecule has 1 fully saturated rings. The van der Waals surface area contributed by atoms with E-state index in [9.17, 15) is 4.79 Å². The number of hydrogen-bond acceptors (Lipinski definition) is 3. The van der Waals surface area contributed by atoms with Crippen LogP contribution in [0.1, 0.15) is 29.5 Å². The van der Waals surface area contributed by atoms with Crippen molar-refractivity contribution >= 4 is 17.5 Å². The lowest BCUT2D eigenvalue weighted by molar-refractivity contribution is -0.123. The van der Waals surface area contributed by atoms with Crippen LogP contribution >= 0.6 is 11.6 Å². The molecule has 26 heavy (non-hydrogen) atoms. The quantitative estimate of drug-likeness (QED) is 0.800. The summed E-state index contributed by atoms with van der Waals surface area (Å²) in [5.41, 5.74) is 3.33. The summed E-state index contributed by atoms with van der Waals surface area (Å²) in [7, 11) is 0. The fourth-order valence-electron chi connectivity index (χ4n) is 3.13. The number of amides is 1. The lowest BCUT2D eigenvalue weighted by Crippen LogP contribution is -2.28. The first-order valence-electron chi connectivity index (χ1n) is 9.06. The summed E-state index contributed by atoms with van der Waals surface area (Å²) < 4.78 is 5.56. The van der Waals surface area contributed by atoms with Crippen LogP contribution in [0.15, 0.2) is 42.5 Å². The first-order chi connectivity index (χ1) is 12.6. The molecule has 2 aromatic carbocycles. The van der Waals surface area contributed by atoms with Gasteiger partial charge in [-0.05, 0) is 67.7 Å². The number of benzene rings is 2. The summed E-state index contributed by atoms with van der Waals surface area (Å²) in [6, 6.07) is 13.8. The van der Waals surface area contributed by atoms with Crippen molar-refractivity contribution in [3.05, 3.63) is 64.2 Å². The molecule has 4 nitrogen and oxygen atoms in total. The van der Waals surface area contributed by atoms with E-state index in [1.165, 1.54) is 31.5 Å². The van der Waals surface area contributed by atoms with E-state index in [0.29, 0.717) is 17.3 Å². The second kappa shape index (κ2) is 9.06. The van der Waals surface area contributed by atoms with Gasteiger partial charge in [-0.25, -0.2) is 0 Å². The van der Waals surface area contributed by atoms with E-state index in [1.807, 2.05) is 13.0 Å². The fraction of sp³-hybridized carbons (Fsp3) is 0.381. The van der Waals surface area contributed by atoms with Gasteiger partial charge in [0.05, 0.1) is 0 Å². The van der Waals surface area contributed by atoms with Crippen molar-refractivity contribution in [1.29, 1.82) is 0 Å². The molecular formula is C21H25ClN2O2. The second-order valence-electron chi connectivity index (χ2n) is 6.77. The summed E-state index contributed by atoms with van der Waals surface area (Å²) in [5.74, 6) is 0.538. The average Bonchev–Trinajstić information content (AvgIpc) is 3.13. The van der Waals surface area contributed by atoms with Crippen LogP contribution in [-0.4, -0.2) is 30.5 Å². The molecule has 0 bridgehead atoms. The van der Waals surface area contributed by atoms with Crippen LogP contribution in [0.2, 0.25) is 5.02 Å². The van der Waals surface area contributed by atoms with Crippen molar-refractivity contribution in [2.75, 3.05) is 19.7 Å². The van der Waals surface area contributed by atoms with Crippen molar-refractivity contribution in [2.24, 2.45) is 0 Å². The maximum Gasteiger partial charge on any atom is 0.258 e. The Morgan fingerprint density at radius 2 is 1.81 bits per heavy atom. The smallest absolute Gasteiger partial charge is 0.258 e. The minimum absolute atomic E-state index is 0.00445. The van der Waals surface area contributed by atoms with E-state index in [0.717, 1.165) is 17.7 Å². The number of ether oxygens (including phenoxy) is 1. The molecule has 2 aromatic rings. The molecule has 0 spiro atoms. The lowest BCUT2D eigenvalue weighted by Gasteiger charge is -2.14. The molecule has 0 atom stereocenters. The zero-order valence-corrected chi connectivity index (χ0v) is 15.9. The fourth-order valence-corrected chi connectivity index (χ4v) is 3.36. The van der Waals surface area contributed by atoms with E-state index in [4.69, 9.17) is 16.3 Å². The molecule has 1 saturated heterocycles. The molecule has 0 unspecified atom stereocenters. The lowest BCUT2D eigenvalue weighted by atomic mass is 10.1. The molecule has 138 valence electrons. The number of aryl methyl sites for hydroxylation is 1. The molecular weight excluding hydrogens is 348 g/mol. The standard InChI is InChI=1S/C21H25ClN2O2/c1-16-12-19(22)8-9-20(16)26-15-21(25)23-13-17-4-6-18(7-5-17)14-24-10-2-3-11-24/h4-9,12H,2-3,10-11,13-15H2,1H3,(H,23,25). The van der Waals surface area contributed by atoms with Crippen molar-refractivity contribution in [2.45, 2.75) is 32.9 Å². The zero-order valence-electron chi connectivity index (χ0n) is 15.1. The minimum atomic E-state index is -0.138. The molecule has 0 aromatic heterocycles. The first-order valence-corrected chi connectivity index (χ1v) is 9.44. The van der Waals surface area contributed by atoms with Gasteiger partial charge in [-0.15, -0.1) is 0 Å². The Bertz CT molecular complexity index is 740. The Hall–Kier alpha value is -2.04. The molecule has 5 heteroatoms. The molecule has 1 N–H and O–H groups in total. The third kappa shape index (κ3) is 5.48. The predicted molar refractivity (Wildman–Crippen MR) is 104 cm³/mol. The number of rotatable bonds is 7. The SMILES string of the molecule is Cc1cc(Cl)ccc1OCC(=O)NCc1ccc(CN2CCCC2)cc1. The Labute approximate surface area is 160 Å². The van der Waals surface area contributed by atoms with Gasteiger partial charge < -0.3 is 10.1 Å². The Morgan fingerprint density at radius 1 is 1.12 bits per heavy atom. The van der Waals surface area contributed by atoms with Crippen LogP contribution in [0.25, 0.3) is 0 Å². The van der Waals surface area contributed by atoms with Crippen molar-refractivity contribution in [1.82, 2.24) is 10.2 Å². The molecule has 1 amide bonds. The van der Waals surface area contributed by atoms with Crippen LogP contribution in [0.5, 0.6) is 5.75 Å². The predicted octanol–water partition coefficient (Wildman–Crippen LogP) is 3.94. The highest BCUT2D eigenvalue weighted by Crippen LogP contribution is 2.21. The Balaban J connectivity index is 1.42. The van der Waals surface area contributed by atoms with Crippen LogP contribution < -0.4 is 10.1 Å². The Kier molecular flexibility index (Phi) is 6.53. The van der Waals surface area contributed by atoms with Crippen LogP contribution in [-0.2, 0) is 17.9 Å². The largest absolute Gasteiger partial charge is 0.484 e. The van der Waals surface area contributed by atoms with Crippen LogP contribution in [0, 0.1) is 6.92 Å². The third-order valence-corrected chi connectivity index (χ3v) is 4.85. The molecule has 1 aliphatic heterocycles. The number of hydrogen-bond donors (Lipinski definition) is 1. The molecule has 1 aliphatic rings. The topological polar surface area (TPSA) is 41.6 Å². The highest BCUT2D eigenvalue weighted by molar-refractivity contribution is 6.30. The van der Waals surface area contributed by atoms with E-state index in [-0.39, 0.29) is 12.5 Å². The second-order valence-corrected chi connectivity index (χ2v) is 7.21. The number of carbonyl (C=O) groups excluding carboxylic acids is 1. The van der Waals surface area contributed by atoms with Gasteiger partial charge in [0.25, 0.3) is 5.91 Å². The van der Waals surface area contributed by atoms with Gasteiger partial charge in [0.15, 0.2) is 6.61 Å². The van der Waals surface area contributed by atoms with Gasteiger partial charge in [0.2, 0.25) is 0 Å². The van der Waals surface area contributed by atoms with Gasteiger partial charge in [-0.2, -0.15) is 0 Å². The molecule has 0 saturated carbocycles. The van der Waals surface area contributed by atoms with Gasteiger partial charge in [0.1, 0.15) is 5.75 Å². The Morgan fingerprint density at radius 3 is 2.50 bits per heavy atom. The number of likely N-dealkylation sites (tertiary alicyclic amines) is 1. The van der Waals surface area contributed by atoms with Gasteiger partial charge >= 0.3 is 0 Å². The zero-order chi connectivity index (χ0) is 18.4. The van der Waals surface area contributed by atoms with Gasteiger partial charge in [-0.3, -0.25) is 9.69 Å². The molecule has 0 radical (unpaired) electrons. The summed E-state index contributed by atoms with van der Waals surface area (Å²) in [4.78, 5) is 14.5. The summed E-state index contributed by atoms with van der Waals surface area (Å²) in [6.45, 7) is 5.82. The van der Waals surface area contributed by atoms with Crippen molar-refractivity contribution < 1.29 is 9.53 Å². The average molecular weight is 373 g/mol. The molecule has 1 heterocycles. The van der Waals surface area contributed by atoms with E-state index in [2.05, 4.69) is 34.5 Å². The van der Waals surface area contributed by atoms with Crippen LogP contribution in [0.3, 0.4) is 0 Å². The van der Waals surface area contributed by atoms with Crippen molar-refractivity contribution in [3.63, 3.8) is 0 Å². The summed E-state index contributed by atoms with van der Waals surface area (Å²) in [5, 5.41) is 3.55. The number of nitrogens with zero attached hydrogens (tertiary/aromatic N) is 1. The number of carbonyl (C=O) groups is 1. The number of nitrogens with one attached hydrogen (secondary N) is 1. The summed E-state index contributed by atoms with van der Waals surface area (Å²) >= 11 is 5.92. The normalized spacial score (nSPS) is 14.4. The van der Waals surface area contributed by atoms with E-state index in [1.54, 1.807) is 12.1 Å². The molecule has 0 aliphatic carbocycles. The van der Waals surface area contributed by atoms with Gasteiger partial charge in [-0.1, -0.05) is 35.9 Å². The first kappa shape index (κ1) is 18.7.